The quantitative estimate of drug-likeness (QED) is 0.623. The highest BCUT2D eigenvalue weighted by Crippen LogP contribution is 2.25. The minimum atomic E-state index is -0.625. The van der Waals surface area contributed by atoms with Crippen molar-refractivity contribution < 1.29 is 13.5 Å². The summed E-state index contributed by atoms with van der Waals surface area (Å²) >= 11 is 2.86. The molecule has 1 aromatic carbocycles. The van der Waals surface area contributed by atoms with Crippen LogP contribution in [0.4, 0.5) is 8.78 Å². The molecule has 0 unspecified atom stereocenters. The molecule has 0 amide bonds. The predicted octanol–water partition coefficient (Wildman–Crippen LogP) is 3.41. The van der Waals surface area contributed by atoms with E-state index < -0.39 is 11.6 Å². The second-order valence-corrected chi connectivity index (χ2v) is 3.66. The molecule has 15 heavy (non-hydrogen) atoms. The fourth-order valence-corrected chi connectivity index (χ4v) is 1.26. The Labute approximate surface area is 94.6 Å². The first-order valence-corrected chi connectivity index (χ1v) is 5.08. The second-order valence-electron chi connectivity index (χ2n) is 2.81. The SMILES string of the molecule is N#CCCCOc1cc(F)c(Br)cc1F. The predicted molar refractivity (Wildman–Crippen MR) is 54.4 cm³/mol. The van der Waals surface area contributed by atoms with Crippen LogP contribution in [0.15, 0.2) is 16.6 Å². The maximum Gasteiger partial charge on any atom is 0.166 e. The van der Waals surface area contributed by atoms with Crippen LogP contribution in [0.25, 0.3) is 0 Å². The van der Waals surface area contributed by atoms with E-state index in [0.29, 0.717) is 12.8 Å². The topological polar surface area (TPSA) is 33.0 Å². The number of nitrogens with zero attached hydrogens (tertiary/aromatic N) is 1. The van der Waals surface area contributed by atoms with Crippen LogP contribution < -0.4 is 4.74 Å². The van der Waals surface area contributed by atoms with Crippen molar-refractivity contribution in [1.82, 2.24) is 0 Å². The molecule has 0 spiro atoms. The van der Waals surface area contributed by atoms with Crippen molar-refractivity contribution in [2.24, 2.45) is 0 Å². The molecule has 2 nitrogen and oxygen atoms in total. The Morgan fingerprint density at radius 2 is 2.07 bits per heavy atom. The van der Waals surface area contributed by atoms with Gasteiger partial charge in [-0.25, -0.2) is 8.78 Å². The standard InChI is InChI=1S/C10H8BrF2NO/c11-7-5-9(13)10(6-8(7)12)15-4-2-1-3-14/h5-6H,1-2,4H2. The normalized spacial score (nSPS) is 9.73. The molecular weight excluding hydrogens is 268 g/mol. The summed E-state index contributed by atoms with van der Waals surface area (Å²) in [6.07, 6.45) is 0.828. The molecule has 0 atom stereocenters. The highest BCUT2D eigenvalue weighted by molar-refractivity contribution is 9.10. The van der Waals surface area contributed by atoms with E-state index in [0.717, 1.165) is 12.1 Å². The summed E-state index contributed by atoms with van der Waals surface area (Å²) in [5, 5.41) is 8.25. The van der Waals surface area contributed by atoms with Crippen LogP contribution in [0.1, 0.15) is 12.8 Å². The molecule has 0 saturated carbocycles. The Morgan fingerprint density at radius 1 is 1.33 bits per heavy atom. The first-order valence-electron chi connectivity index (χ1n) is 4.29. The van der Waals surface area contributed by atoms with Gasteiger partial charge >= 0.3 is 0 Å². The summed E-state index contributed by atoms with van der Waals surface area (Å²) < 4.78 is 31.2. The van der Waals surface area contributed by atoms with Gasteiger partial charge in [-0.3, -0.25) is 0 Å². The molecule has 0 aliphatic rings. The average Bonchev–Trinajstić information content (AvgIpc) is 2.20. The van der Waals surface area contributed by atoms with Crippen LogP contribution in [0, 0.1) is 23.0 Å². The third-order valence-electron chi connectivity index (χ3n) is 1.67. The monoisotopic (exact) mass is 275 g/mol. The number of nitriles is 1. The van der Waals surface area contributed by atoms with E-state index in [1.807, 2.05) is 6.07 Å². The Hall–Kier alpha value is -1.15. The summed E-state index contributed by atoms with van der Waals surface area (Å²) in [7, 11) is 0. The van der Waals surface area contributed by atoms with Crippen molar-refractivity contribution in [3.05, 3.63) is 28.2 Å². The van der Waals surface area contributed by atoms with Gasteiger partial charge in [0, 0.05) is 12.5 Å². The molecule has 0 fully saturated rings. The fourth-order valence-electron chi connectivity index (χ4n) is 0.948. The van der Waals surface area contributed by atoms with Crippen molar-refractivity contribution in [2.45, 2.75) is 12.8 Å². The third-order valence-corrected chi connectivity index (χ3v) is 2.27. The summed E-state index contributed by atoms with van der Waals surface area (Å²) in [4.78, 5) is 0. The van der Waals surface area contributed by atoms with Crippen LogP contribution >= 0.6 is 15.9 Å². The van der Waals surface area contributed by atoms with E-state index >= 15 is 0 Å². The highest BCUT2D eigenvalue weighted by atomic mass is 79.9. The zero-order valence-corrected chi connectivity index (χ0v) is 9.35. The molecule has 0 bridgehead atoms. The maximum atomic E-state index is 13.2. The molecule has 5 heteroatoms. The van der Waals surface area contributed by atoms with E-state index in [2.05, 4.69) is 15.9 Å². The molecule has 0 aromatic heterocycles. The fraction of sp³-hybridized carbons (Fsp3) is 0.300. The largest absolute Gasteiger partial charge is 0.490 e. The van der Waals surface area contributed by atoms with Gasteiger partial charge in [0.05, 0.1) is 17.1 Å². The van der Waals surface area contributed by atoms with Gasteiger partial charge in [-0.2, -0.15) is 5.26 Å². The van der Waals surface area contributed by atoms with E-state index in [4.69, 9.17) is 10.00 Å². The van der Waals surface area contributed by atoms with Crippen molar-refractivity contribution in [3.8, 4) is 11.8 Å². The van der Waals surface area contributed by atoms with Crippen LogP contribution in [-0.4, -0.2) is 6.61 Å². The maximum absolute atomic E-state index is 13.2. The molecule has 1 rings (SSSR count). The summed E-state index contributed by atoms with van der Waals surface area (Å²) in [6, 6.07) is 3.92. The van der Waals surface area contributed by atoms with Crippen LogP contribution in [-0.2, 0) is 0 Å². The molecular formula is C10H8BrF2NO. The average molecular weight is 276 g/mol. The number of benzene rings is 1. The Balaban J connectivity index is 2.62. The second kappa shape index (κ2) is 5.66. The van der Waals surface area contributed by atoms with E-state index in [9.17, 15) is 8.78 Å². The lowest BCUT2D eigenvalue weighted by Crippen LogP contribution is -1.99. The lowest BCUT2D eigenvalue weighted by atomic mass is 10.3. The number of unbranched alkanes of at least 4 members (excludes halogenated alkanes) is 1. The van der Waals surface area contributed by atoms with Crippen molar-refractivity contribution in [3.63, 3.8) is 0 Å². The smallest absolute Gasteiger partial charge is 0.166 e. The van der Waals surface area contributed by atoms with Crippen LogP contribution in [0.5, 0.6) is 5.75 Å². The van der Waals surface area contributed by atoms with Crippen molar-refractivity contribution >= 4 is 15.9 Å². The lowest BCUT2D eigenvalue weighted by molar-refractivity contribution is 0.295. The zero-order valence-electron chi connectivity index (χ0n) is 7.77. The van der Waals surface area contributed by atoms with Gasteiger partial charge in [-0.1, -0.05) is 0 Å². The molecule has 0 heterocycles. The van der Waals surface area contributed by atoms with Gasteiger partial charge in [-0.15, -0.1) is 0 Å². The minimum absolute atomic E-state index is 0.0596. The molecule has 1 aromatic rings. The number of hydrogen-bond donors (Lipinski definition) is 0. The third kappa shape index (κ3) is 3.48. The van der Waals surface area contributed by atoms with Gasteiger partial charge < -0.3 is 4.74 Å². The first-order chi connectivity index (χ1) is 7.15. The highest BCUT2D eigenvalue weighted by Gasteiger charge is 2.08. The first kappa shape index (κ1) is 11.9. The van der Waals surface area contributed by atoms with Crippen molar-refractivity contribution in [2.75, 3.05) is 6.61 Å². The number of ether oxygens (including phenoxy) is 1. The number of rotatable bonds is 4. The molecule has 0 aliphatic carbocycles. The number of hydrogen-bond acceptors (Lipinski definition) is 2. The van der Waals surface area contributed by atoms with Gasteiger partial charge in [0.1, 0.15) is 5.82 Å². The lowest BCUT2D eigenvalue weighted by Gasteiger charge is -2.06. The molecule has 0 radical (unpaired) electrons. The van der Waals surface area contributed by atoms with Crippen LogP contribution in [0.3, 0.4) is 0 Å². The molecule has 80 valence electrons. The van der Waals surface area contributed by atoms with Crippen LogP contribution in [0.2, 0.25) is 0 Å². The van der Waals surface area contributed by atoms with Gasteiger partial charge in [-0.05, 0) is 28.4 Å². The summed E-state index contributed by atoms with van der Waals surface area (Å²) in [6.45, 7) is 0.200. The van der Waals surface area contributed by atoms with Crippen molar-refractivity contribution in [1.29, 1.82) is 5.26 Å². The van der Waals surface area contributed by atoms with E-state index in [1.54, 1.807) is 0 Å². The zero-order chi connectivity index (χ0) is 11.3. The Bertz CT molecular complexity index is 390. The van der Waals surface area contributed by atoms with Gasteiger partial charge in [0.25, 0.3) is 0 Å². The molecule has 0 saturated heterocycles. The Kier molecular flexibility index (Phi) is 4.50. The Morgan fingerprint density at radius 3 is 2.73 bits per heavy atom. The van der Waals surface area contributed by atoms with Gasteiger partial charge in [0.2, 0.25) is 0 Å². The van der Waals surface area contributed by atoms with Gasteiger partial charge in [0.15, 0.2) is 11.6 Å². The summed E-state index contributed by atoms with van der Waals surface area (Å²) in [5.41, 5.74) is 0. The van der Waals surface area contributed by atoms with E-state index in [1.165, 1.54) is 0 Å². The molecule has 0 N–H and O–H groups in total. The van der Waals surface area contributed by atoms with E-state index in [-0.39, 0.29) is 16.8 Å². The summed E-state index contributed by atoms with van der Waals surface area (Å²) in [5.74, 6) is -1.33. The minimum Gasteiger partial charge on any atom is -0.490 e. The number of halogens is 3. The molecule has 0 aliphatic heterocycles.